The molecule has 0 aliphatic heterocycles. The van der Waals surface area contributed by atoms with Crippen molar-refractivity contribution in [3.05, 3.63) is 40.9 Å². The Morgan fingerprint density at radius 2 is 1.62 bits per heavy atom. The molecule has 0 fully saturated rings. The average molecular weight is 558 g/mol. The summed E-state index contributed by atoms with van der Waals surface area (Å²) >= 11 is 1.14. The van der Waals surface area contributed by atoms with Crippen LogP contribution in [-0.4, -0.2) is 83.7 Å². The lowest BCUT2D eigenvalue weighted by Gasteiger charge is -2.30. The van der Waals surface area contributed by atoms with Crippen LogP contribution in [0.25, 0.3) is 0 Å². The Bertz CT molecular complexity index is 1190. The first-order valence-corrected chi connectivity index (χ1v) is 13.7. The number of thiazole rings is 1. The molecule has 2 aromatic rings. The van der Waals surface area contributed by atoms with Crippen molar-refractivity contribution in [3.8, 4) is 0 Å². The number of rotatable bonds is 10. The highest BCUT2D eigenvalue weighted by atomic mass is 32.2. The van der Waals surface area contributed by atoms with Crippen molar-refractivity contribution < 1.29 is 37.8 Å². The number of hydrogen-bond acceptors (Lipinski definition) is 9. The van der Waals surface area contributed by atoms with Gasteiger partial charge in [0.2, 0.25) is 10.0 Å². The third-order valence-electron chi connectivity index (χ3n) is 4.55. The van der Waals surface area contributed by atoms with Gasteiger partial charge in [-0.05, 0) is 45.9 Å². The standard InChI is InChI=1S/C20H29N5O4S2.C2H2O4/c1-13(2)25(14(3)4)10-9-21-19(27)17-12-30-20(22-17)23-18(26)15-7-6-8-16(11-15)24-31(5,28)29;3-1(4)2(5)6/h6-8,11-14,24H,9-10H2,1-5H3,(H,21,27)(H,22,23,26);(H,3,4)(H,5,6). The molecule has 1 aromatic carbocycles. The van der Waals surface area contributed by atoms with Crippen LogP contribution in [0.5, 0.6) is 0 Å². The van der Waals surface area contributed by atoms with Crippen molar-refractivity contribution in [1.29, 1.82) is 0 Å². The highest BCUT2D eigenvalue weighted by Crippen LogP contribution is 2.18. The second kappa shape index (κ2) is 14.2. The van der Waals surface area contributed by atoms with Gasteiger partial charge in [-0.25, -0.2) is 23.0 Å². The molecule has 0 atom stereocenters. The van der Waals surface area contributed by atoms with E-state index in [-0.39, 0.29) is 28.0 Å². The van der Waals surface area contributed by atoms with Crippen molar-refractivity contribution in [2.24, 2.45) is 0 Å². The number of anilines is 2. The summed E-state index contributed by atoms with van der Waals surface area (Å²) in [5.74, 6) is -4.41. The first-order valence-electron chi connectivity index (χ1n) is 11.0. The number of benzene rings is 1. The van der Waals surface area contributed by atoms with E-state index in [1.165, 1.54) is 6.07 Å². The molecule has 15 heteroatoms. The Hall–Kier alpha value is -3.56. The van der Waals surface area contributed by atoms with Gasteiger partial charge in [-0.2, -0.15) is 0 Å². The van der Waals surface area contributed by atoms with Crippen LogP contribution >= 0.6 is 11.3 Å². The van der Waals surface area contributed by atoms with Crippen LogP contribution in [-0.2, 0) is 19.6 Å². The molecule has 0 aliphatic rings. The Morgan fingerprint density at radius 3 is 2.14 bits per heavy atom. The van der Waals surface area contributed by atoms with Gasteiger partial charge in [0.15, 0.2) is 5.13 Å². The molecule has 204 valence electrons. The third kappa shape index (κ3) is 11.8. The minimum atomic E-state index is -3.45. The van der Waals surface area contributed by atoms with E-state index in [0.29, 0.717) is 18.6 Å². The monoisotopic (exact) mass is 557 g/mol. The van der Waals surface area contributed by atoms with E-state index < -0.39 is 27.9 Å². The van der Waals surface area contributed by atoms with Crippen LogP contribution in [0, 0.1) is 0 Å². The zero-order valence-corrected chi connectivity index (χ0v) is 22.6. The normalized spacial score (nSPS) is 11.0. The van der Waals surface area contributed by atoms with Crippen molar-refractivity contribution in [3.63, 3.8) is 0 Å². The molecule has 2 amide bonds. The second-order valence-electron chi connectivity index (χ2n) is 8.24. The largest absolute Gasteiger partial charge is 0.473 e. The average Bonchev–Trinajstić information content (AvgIpc) is 3.24. The Kier molecular flexibility index (Phi) is 12.1. The third-order valence-corrected chi connectivity index (χ3v) is 5.91. The molecule has 0 radical (unpaired) electrons. The van der Waals surface area contributed by atoms with Gasteiger partial charge in [0.25, 0.3) is 11.8 Å². The van der Waals surface area contributed by atoms with Crippen LogP contribution in [0.1, 0.15) is 48.5 Å². The lowest BCUT2D eigenvalue weighted by atomic mass is 10.2. The quantitative estimate of drug-likeness (QED) is 0.269. The highest BCUT2D eigenvalue weighted by Gasteiger charge is 2.16. The van der Waals surface area contributed by atoms with Crippen molar-refractivity contribution >= 4 is 55.9 Å². The molecule has 0 saturated heterocycles. The number of carbonyl (C=O) groups is 4. The van der Waals surface area contributed by atoms with E-state index in [9.17, 15) is 18.0 Å². The van der Waals surface area contributed by atoms with Gasteiger partial charge >= 0.3 is 11.9 Å². The minimum absolute atomic E-state index is 0.230. The lowest BCUT2D eigenvalue weighted by Crippen LogP contribution is -2.42. The Balaban J connectivity index is 0.00000102. The van der Waals surface area contributed by atoms with Crippen LogP contribution in [0.15, 0.2) is 29.6 Å². The van der Waals surface area contributed by atoms with E-state index in [2.05, 4.69) is 52.9 Å². The van der Waals surface area contributed by atoms with Gasteiger partial charge in [0, 0.05) is 41.8 Å². The fraction of sp³-hybridized carbons (Fsp3) is 0.409. The predicted molar refractivity (Wildman–Crippen MR) is 140 cm³/mol. The molecule has 0 spiro atoms. The highest BCUT2D eigenvalue weighted by molar-refractivity contribution is 7.92. The van der Waals surface area contributed by atoms with Gasteiger partial charge < -0.3 is 15.5 Å². The maximum absolute atomic E-state index is 12.5. The summed E-state index contributed by atoms with van der Waals surface area (Å²) < 4.78 is 25.0. The van der Waals surface area contributed by atoms with E-state index in [1.807, 2.05) is 0 Å². The zero-order chi connectivity index (χ0) is 28.3. The van der Waals surface area contributed by atoms with Gasteiger partial charge in [0.05, 0.1) is 6.26 Å². The molecular weight excluding hydrogens is 526 g/mol. The summed E-state index contributed by atoms with van der Waals surface area (Å²) in [5, 5.41) is 22.1. The molecule has 13 nitrogen and oxygen atoms in total. The van der Waals surface area contributed by atoms with Crippen molar-refractivity contribution in [1.82, 2.24) is 15.2 Å². The molecule has 5 N–H and O–H groups in total. The minimum Gasteiger partial charge on any atom is -0.473 e. The maximum Gasteiger partial charge on any atom is 0.414 e. The van der Waals surface area contributed by atoms with Crippen molar-refractivity contribution in [2.75, 3.05) is 29.4 Å². The van der Waals surface area contributed by atoms with Crippen LogP contribution < -0.4 is 15.4 Å². The molecule has 2 rings (SSSR count). The topological polar surface area (TPSA) is 195 Å². The number of amides is 2. The second-order valence-corrected chi connectivity index (χ2v) is 10.8. The van der Waals surface area contributed by atoms with Crippen LogP contribution in [0.2, 0.25) is 0 Å². The predicted octanol–water partition coefficient (Wildman–Crippen LogP) is 1.77. The number of nitrogens with zero attached hydrogens (tertiary/aromatic N) is 2. The van der Waals surface area contributed by atoms with Gasteiger partial charge in [-0.3, -0.25) is 24.5 Å². The summed E-state index contributed by atoms with van der Waals surface area (Å²) in [6, 6.07) is 6.85. The molecule has 0 saturated carbocycles. The van der Waals surface area contributed by atoms with Crippen LogP contribution in [0.3, 0.4) is 0 Å². The molecule has 1 heterocycles. The number of nitrogens with one attached hydrogen (secondary N) is 3. The number of aliphatic carboxylic acids is 2. The van der Waals surface area contributed by atoms with Gasteiger partial charge in [0.1, 0.15) is 5.69 Å². The summed E-state index contributed by atoms with van der Waals surface area (Å²) in [5.41, 5.74) is 0.775. The molecular formula is C22H31N5O8S2. The summed E-state index contributed by atoms with van der Waals surface area (Å²) in [4.78, 5) is 49.5. The van der Waals surface area contributed by atoms with E-state index >= 15 is 0 Å². The number of carboxylic acids is 2. The fourth-order valence-corrected chi connectivity index (χ4v) is 4.29. The first kappa shape index (κ1) is 31.5. The fourth-order valence-electron chi connectivity index (χ4n) is 3.04. The first-order chi connectivity index (χ1) is 17.1. The molecule has 37 heavy (non-hydrogen) atoms. The summed E-state index contributed by atoms with van der Waals surface area (Å²) in [6.45, 7) is 9.68. The number of aromatic nitrogens is 1. The van der Waals surface area contributed by atoms with E-state index in [0.717, 1.165) is 24.1 Å². The van der Waals surface area contributed by atoms with Crippen molar-refractivity contribution in [2.45, 2.75) is 39.8 Å². The molecule has 0 unspecified atom stereocenters. The van der Waals surface area contributed by atoms with E-state index in [1.54, 1.807) is 23.6 Å². The van der Waals surface area contributed by atoms with E-state index in [4.69, 9.17) is 19.8 Å². The summed E-state index contributed by atoms with van der Waals surface area (Å²) in [7, 11) is -3.45. The Morgan fingerprint density at radius 1 is 1.03 bits per heavy atom. The Labute approximate surface area is 219 Å². The number of carbonyl (C=O) groups excluding carboxylic acids is 2. The number of carboxylic acid groups (broad SMARTS) is 2. The maximum atomic E-state index is 12.5. The lowest BCUT2D eigenvalue weighted by molar-refractivity contribution is -0.159. The van der Waals surface area contributed by atoms with Crippen LogP contribution in [0.4, 0.5) is 10.8 Å². The number of hydrogen-bond donors (Lipinski definition) is 5. The molecule has 0 aliphatic carbocycles. The summed E-state index contributed by atoms with van der Waals surface area (Å²) in [6.07, 6.45) is 1.03. The molecule has 0 bridgehead atoms. The smallest absolute Gasteiger partial charge is 0.414 e. The molecule has 1 aromatic heterocycles. The SMILES string of the molecule is CC(C)N(CCNC(=O)c1csc(NC(=O)c2cccc(NS(C)(=O)=O)c2)n1)C(C)C.O=C(O)C(=O)O. The zero-order valence-electron chi connectivity index (χ0n) is 21.0. The van der Waals surface area contributed by atoms with Gasteiger partial charge in [-0.15, -0.1) is 11.3 Å². The van der Waals surface area contributed by atoms with Gasteiger partial charge in [-0.1, -0.05) is 6.07 Å². The number of sulfonamides is 1.